The van der Waals surface area contributed by atoms with Crippen LogP contribution in [-0.2, 0) is 9.84 Å². The summed E-state index contributed by atoms with van der Waals surface area (Å²) in [6, 6.07) is 19.2. The fourth-order valence-electron chi connectivity index (χ4n) is 2.91. The highest BCUT2D eigenvalue weighted by molar-refractivity contribution is 7.90. The van der Waals surface area contributed by atoms with Crippen LogP contribution in [0.4, 0.5) is 0 Å². The maximum Gasteiger partial charge on any atom is 0.249 e. The van der Waals surface area contributed by atoms with E-state index in [1.165, 1.54) is 4.52 Å². The van der Waals surface area contributed by atoms with E-state index >= 15 is 0 Å². The Morgan fingerprint density at radius 3 is 2.07 bits per heavy atom. The van der Waals surface area contributed by atoms with Crippen LogP contribution in [0.1, 0.15) is 0 Å². The maximum atomic E-state index is 12.1. The maximum absolute atomic E-state index is 12.1. The van der Waals surface area contributed by atoms with E-state index in [0.717, 1.165) is 28.7 Å². The van der Waals surface area contributed by atoms with Gasteiger partial charge in [-0.1, -0.05) is 36.4 Å². The topological polar surface area (TPSA) is 73.6 Å². The van der Waals surface area contributed by atoms with Gasteiger partial charge in [-0.15, -0.1) is 0 Å². The first-order valence-electron chi connectivity index (χ1n) is 8.25. The van der Waals surface area contributed by atoms with Gasteiger partial charge < -0.3 is 4.74 Å². The molecule has 136 valence electrons. The van der Waals surface area contributed by atoms with E-state index in [-0.39, 0.29) is 5.16 Å². The molecule has 7 heteroatoms. The summed E-state index contributed by atoms with van der Waals surface area (Å²) in [6.45, 7) is 0. The molecule has 6 nitrogen and oxygen atoms in total. The minimum absolute atomic E-state index is 0.0702. The zero-order valence-electron chi connectivity index (χ0n) is 14.8. The van der Waals surface area contributed by atoms with Crippen LogP contribution in [0.3, 0.4) is 0 Å². The van der Waals surface area contributed by atoms with Crippen molar-refractivity contribution in [1.29, 1.82) is 0 Å². The smallest absolute Gasteiger partial charge is 0.249 e. The first-order chi connectivity index (χ1) is 13.0. The Morgan fingerprint density at radius 1 is 0.889 bits per heavy atom. The molecule has 2 aromatic carbocycles. The minimum atomic E-state index is -3.51. The number of rotatable bonds is 4. The first-order valence-corrected chi connectivity index (χ1v) is 10.1. The van der Waals surface area contributed by atoms with Gasteiger partial charge in [-0.05, 0) is 35.4 Å². The van der Waals surface area contributed by atoms with E-state index in [1.807, 2.05) is 54.6 Å². The van der Waals surface area contributed by atoms with Gasteiger partial charge in [0.15, 0.2) is 0 Å². The molecule has 0 saturated heterocycles. The predicted molar refractivity (Wildman–Crippen MR) is 104 cm³/mol. The molecular formula is C20H17N3O3S. The number of methoxy groups -OCH3 is 1. The lowest BCUT2D eigenvalue weighted by atomic mass is 10.0. The van der Waals surface area contributed by atoms with Crippen molar-refractivity contribution < 1.29 is 13.2 Å². The van der Waals surface area contributed by atoms with E-state index in [0.29, 0.717) is 11.2 Å². The van der Waals surface area contributed by atoms with E-state index < -0.39 is 9.84 Å². The molecule has 0 fully saturated rings. The molecule has 4 rings (SSSR count). The van der Waals surface area contributed by atoms with E-state index in [1.54, 1.807) is 19.4 Å². The van der Waals surface area contributed by atoms with Gasteiger partial charge in [0.1, 0.15) is 5.75 Å². The lowest BCUT2D eigenvalue weighted by molar-refractivity contribution is 0.415. The van der Waals surface area contributed by atoms with Gasteiger partial charge in [-0.3, -0.25) is 0 Å². The predicted octanol–water partition coefficient (Wildman–Crippen LogP) is 3.48. The normalized spacial score (nSPS) is 11.6. The molecule has 27 heavy (non-hydrogen) atoms. The Balaban J connectivity index is 1.75. The fraction of sp³-hybridized carbons (Fsp3) is 0.100. The quantitative estimate of drug-likeness (QED) is 0.508. The Labute approximate surface area is 157 Å². The second-order valence-corrected chi connectivity index (χ2v) is 8.08. The summed E-state index contributed by atoms with van der Waals surface area (Å²) in [6.07, 6.45) is 2.69. The van der Waals surface area contributed by atoms with Crippen LogP contribution in [0.15, 0.2) is 72.0 Å². The number of hydrogen-bond acceptors (Lipinski definition) is 5. The lowest BCUT2D eigenvalue weighted by Crippen LogP contribution is -2.09. The molecule has 0 atom stereocenters. The molecule has 0 amide bonds. The molecule has 0 aliphatic heterocycles. The summed E-state index contributed by atoms with van der Waals surface area (Å²) in [5.74, 6) is 0.807. The third-order valence-electron chi connectivity index (χ3n) is 4.29. The highest BCUT2D eigenvalue weighted by Crippen LogP contribution is 2.27. The van der Waals surface area contributed by atoms with Crippen LogP contribution >= 0.6 is 0 Å². The molecule has 0 radical (unpaired) electrons. The highest BCUT2D eigenvalue weighted by atomic mass is 32.2. The third-order valence-corrected chi connectivity index (χ3v) is 5.22. The number of hydrogen-bond donors (Lipinski definition) is 0. The summed E-state index contributed by atoms with van der Waals surface area (Å²) in [4.78, 5) is 4.34. The highest BCUT2D eigenvalue weighted by Gasteiger charge is 2.17. The van der Waals surface area contributed by atoms with E-state index in [4.69, 9.17) is 4.74 Å². The zero-order valence-corrected chi connectivity index (χ0v) is 15.6. The number of sulfone groups is 1. The van der Waals surface area contributed by atoms with E-state index in [9.17, 15) is 8.42 Å². The molecule has 0 aliphatic carbocycles. The zero-order chi connectivity index (χ0) is 19.0. The summed E-state index contributed by atoms with van der Waals surface area (Å²) >= 11 is 0. The Hall–Kier alpha value is -3.19. The lowest BCUT2D eigenvalue weighted by Gasteiger charge is -2.08. The fourth-order valence-corrected chi connectivity index (χ4v) is 3.64. The molecule has 2 heterocycles. The van der Waals surface area contributed by atoms with Crippen molar-refractivity contribution in [2.75, 3.05) is 13.4 Å². The van der Waals surface area contributed by atoms with Crippen molar-refractivity contribution in [2.45, 2.75) is 5.16 Å². The van der Waals surface area contributed by atoms with Crippen LogP contribution in [0.2, 0.25) is 0 Å². The largest absolute Gasteiger partial charge is 0.497 e. The molecule has 0 aliphatic rings. The summed E-state index contributed by atoms with van der Waals surface area (Å²) in [5.41, 5.74) is 4.22. The monoisotopic (exact) mass is 379 g/mol. The second kappa shape index (κ2) is 6.51. The Kier molecular flexibility index (Phi) is 4.16. The van der Waals surface area contributed by atoms with Gasteiger partial charge in [0.05, 0.1) is 24.5 Å². The van der Waals surface area contributed by atoms with Gasteiger partial charge >= 0.3 is 0 Å². The van der Waals surface area contributed by atoms with Crippen LogP contribution in [-0.4, -0.2) is 36.4 Å². The second-order valence-electron chi connectivity index (χ2n) is 6.17. The van der Waals surface area contributed by atoms with Crippen LogP contribution in [0, 0.1) is 0 Å². The Morgan fingerprint density at radius 2 is 1.48 bits per heavy atom. The molecule has 0 N–H and O–H groups in total. The summed E-state index contributed by atoms with van der Waals surface area (Å²) < 4.78 is 30.7. The van der Waals surface area contributed by atoms with Crippen LogP contribution in [0.5, 0.6) is 5.75 Å². The summed E-state index contributed by atoms with van der Waals surface area (Å²) in [7, 11) is -1.87. The first kappa shape index (κ1) is 17.2. The van der Waals surface area contributed by atoms with E-state index in [2.05, 4.69) is 10.1 Å². The van der Waals surface area contributed by atoms with Crippen molar-refractivity contribution in [1.82, 2.24) is 14.6 Å². The van der Waals surface area contributed by atoms with Gasteiger partial charge in [0.25, 0.3) is 0 Å². The molecule has 0 unspecified atom stereocenters. The van der Waals surface area contributed by atoms with Gasteiger partial charge in [0, 0.05) is 11.8 Å². The van der Waals surface area contributed by atoms with Gasteiger partial charge in [-0.2, -0.15) is 5.10 Å². The number of aromatic nitrogens is 3. The van der Waals surface area contributed by atoms with Crippen molar-refractivity contribution >= 4 is 15.4 Å². The molecule has 0 spiro atoms. The van der Waals surface area contributed by atoms with Gasteiger partial charge in [0.2, 0.25) is 15.0 Å². The number of fused-ring (bicyclic) bond motifs is 1. The number of benzene rings is 2. The van der Waals surface area contributed by atoms with Gasteiger partial charge in [-0.25, -0.2) is 17.9 Å². The van der Waals surface area contributed by atoms with Crippen molar-refractivity contribution in [3.8, 4) is 28.1 Å². The molecule has 4 aromatic rings. The molecule has 0 bridgehead atoms. The number of nitrogens with zero attached hydrogens (tertiary/aromatic N) is 3. The SMILES string of the molecule is COc1ccc(-c2ccc(-c3cc4ccnn4c(S(C)(=O)=O)n3)cc2)cc1. The van der Waals surface area contributed by atoms with Crippen LogP contribution in [0.25, 0.3) is 27.9 Å². The molecule has 2 aromatic heterocycles. The van der Waals surface area contributed by atoms with Crippen molar-refractivity contribution in [2.24, 2.45) is 0 Å². The molecular weight excluding hydrogens is 362 g/mol. The summed E-state index contributed by atoms with van der Waals surface area (Å²) in [5, 5.41) is 3.98. The molecule has 0 saturated carbocycles. The minimum Gasteiger partial charge on any atom is -0.497 e. The standard InChI is InChI=1S/C20H17N3O3S/c1-26-18-9-7-15(8-10-18)14-3-5-16(6-4-14)19-13-17-11-12-21-23(17)20(22-19)27(2,24)25/h3-13H,1-2H3. The Bertz CT molecular complexity index is 1210. The number of ether oxygens (including phenoxy) is 1. The van der Waals surface area contributed by atoms with Crippen molar-refractivity contribution in [3.05, 3.63) is 66.9 Å². The third kappa shape index (κ3) is 3.29. The average Bonchev–Trinajstić information content (AvgIpc) is 3.15. The van der Waals surface area contributed by atoms with Crippen molar-refractivity contribution in [3.63, 3.8) is 0 Å². The average molecular weight is 379 g/mol. The van der Waals surface area contributed by atoms with Crippen LogP contribution < -0.4 is 4.74 Å².